The average Bonchev–Trinajstić information content (AvgIpc) is 2.69. The SMILES string of the molecule is Cc1ccc(CNC(=O)c2cnc(Nc3ccc(OC(C)C)cc3)nc2)cc1. The monoisotopic (exact) mass is 376 g/mol. The molecule has 0 aliphatic heterocycles. The van der Waals surface area contributed by atoms with E-state index in [2.05, 4.69) is 20.6 Å². The highest BCUT2D eigenvalue weighted by Gasteiger charge is 2.07. The second kappa shape index (κ2) is 8.99. The standard InChI is InChI=1S/C22H24N4O2/c1-15(2)28-20-10-8-19(9-11-20)26-22-24-13-18(14-25-22)21(27)23-12-17-6-4-16(3)5-7-17/h4-11,13-15H,12H2,1-3H3,(H,23,27)(H,24,25,26). The maximum absolute atomic E-state index is 12.3. The van der Waals surface area contributed by atoms with Crippen LogP contribution in [0.4, 0.5) is 11.6 Å². The summed E-state index contributed by atoms with van der Waals surface area (Å²) in [6.45, 7) is 6.46. The van der Waals surface area contributed by atoms with Crippen LogP contribution in [0.3, 0.4) is 0 Å². The zero-order chi connectivity index (χ0) is 19.9. The molecule has 6 heteroatoms. The molecule has 0 atom stereocenters. The van der Waals surface area contributed by atoms with E-state index in [1.54, 1.807) is 0 Å². The van der Waals surface area contributed by atoms with Crippen LogP contribution in [0.1, 0.15) is 35.3 Å². The first-order valence-electron chi connectivity index (χ1n) is 9.19. The molecular weight excluding hydrogens is 352 g/mol. The molecular formula is C22H24N4O2. The number of nitrogens with one attached hydrogen (secondary N) is 2. The van der Waals surface area contributed by atoms with Crippen molar-refractivity contribution < 1.29 is 9.53 Å². The molecule has 2 aromatic carbocycles. The van der Waals surface area contributed by atoms with Crippen LogP contribution in [0.2, 0.25) is 0 Å². The molecule has 0 bridgehead atoms. The van der Waals surface area contributed by atoms with Crippen molar-refractivity contribution in [2.45, 2.75) is 33.4 Å². The topological polar surface area (TPSA) is 76.1 Å². The van der Waals surface area contributed by atoms with E-state index >= 15 is 0 Å². The van der Waals surface area contributed by atoms with Crippen LogP contribution in [0, 0.1) is 6.92 Å². The molecule has 144 valence electrons. The van der Waals surface area contributed by atoms with E-state index in [0.29, 0.717) is 18.1 Å². The van der Waals surface area contributed by atoms with Gasteiger partial charge >= 0.3 is 0 Å². The first-order chi connectivity index (χ1) is 13.5. The largest absolute Gasteiger partial charge is 0.491 e. The number of aromatic nitrogens is 2. The smallest absolute Gasteiger partial charge is 0.254 e. The first-order valence-corrected chi connectivity index (χ1v) is 9.19. The quantitative estimate of drug-likeness (QED) is 0.645. The fraction of sp³-hybridized carbons (Fsp3) is 0.227. The summed E-state index contributed by atoms with van der Waals surface area (Å²) in [5.74, 6) is 1.02. The Balaban J connectivity index is 1.55. The van der Waals surface area contributed by atoms with E-state index in [1.807, 2.05) is 69.3 Å². The number of benzene rings is 2. The lowest BCUT2D eigenvalue weighted by Gasteiger charge is -2.10. The van der Waals surface area contributed by atoms with Gasteiger partial charge in [0.15, 0.2) is 0 Å². The number of carbonyl (C=O) groups excluding carboxylic acids is 1. The van der Waals surface area contributed by atoms with Crippen LogP contribution < -0.4 is 15.4 Å². The Morgan fingerprint density at radius 1 is 1.00 bits per heavy atom. The highest BCUT2D eigenvalue weighted by molar-refractivity contribution is 5.93. The summed E-state index contributed by atoms with van der Waals surface area (Å²) in [4.78, 5) is 20.7. The van der Waals surface area contributed by atoms with E-state index < -0.39 is 0 Å². The van der Waals surface area contributed by atoms with Gasteiger partial charge in [-0.05, 0) is 50.6 Å². The molecule has 1 aromatic heterocycles. The van der Waals surface area contributed by atoms with Crippen molar-refractivity contribution in [2.24, 2.45) is 0 Å². The fourth-order valence-electron chi connectivity index (χ4n) is 2.52. The summed E-state index contributed by atoms with van der Waals surface area (Å²) in [6.07, 6.45) is 3.15. The molecule has 3 aromatic rings. The first kappa shape index (κ1) is 19.4. The predicted molar refractivity (Wildman–Crippen MR) is 110 cm³/mol. The van der Waals surface area contributed by atoms with E-state index in [1.165, 1.54) is 18.0 Å². The fourth-order valence-corrected chi connectivity index (χ4v) is 2.52. The molecule has 3 rings (SSSR count). The van der Waals surface area contributed by atoms with Crippen molar-refractivity contribution in [3.8, 4) is 5.75 Å². The number of carbonyl (C=O) groups is 1. The number of ether oxygens (including phenoxy) is 1. The summed E-state index contributed by atoms with van der Waals surface area (Å²) in [7, 11) is 0. The van der Waals surface area contributed by atoms with Crippen molar-refractivity contribution in [3.05, 3.63) is 77.6 Å². The Kier molecular flexibility index (Phi) is 6.22. The highest BCUT2D eigenvalue weighted by atomic mass is 16.5. The molecule has 0 fully saturated rings. The lowest BCUT2D eigenvalue weighted by Crippen LogP contribution is -2.23. The summed E-state index contributed by atoms with van der Waals surface area (Å²) < 4.78 is 5.62. The van der Waals surface area contributed by atoms with Gasteiger partial charge in [-0.1, -0.05) is 29.8 Å². The maximum Gasteiger partial charge on any atom is 0.254 e. The lowest BCUT2D eigenvalue weighted by molar-refractivity contribution is 0.0950. The Labute approximate surface area is 165 Å². The van der Waals surface area contributed by atoms with Crippen LogP contribution in [0.25, 0.3) is 0 Å². The molecule has 1 heterocycles. The van der Waals surface area contributed by atoms with Gasteiger partial charge in [-0.3, -0.25) is 4.79 Å². The van der Waals surface area contributed by atoms with E-state index in [9.17, 15) is 4.79 Å². The van der Waals surface area contributed by atoms with Crippen molar-refractivity contribution >= 4 is 17.5 Å². The second-order valence-electron chi connectivity index (χ2n) is 6.78. The summed E-state index contributed by atoms with van der Waals surface area (Å²) in [6, 6.07) is 15.6. The molecule has 0 saturated heterocycles. The van der Waals surface area contributed by atoms with Crippen molar-refractivity contribution in [2.75, 3.05) is 5.32 Å². The van der Waals surface area contributed by atoms with Crippen LogP contribution in [0.15, 0.2) is 60.9 Å². The second-order valence-corrected chi connectivity index (χ2v) is 6.78. The number of amides is 1. The van der Waals surface area contributed by atoms with Crippen molar-refractivity contribution in [1.82, 2.24) is 15.3 Å². The zero-order valence-electron chi connectivity index (χ0n) is 16.3. The van der Waals surface area contributed by atoms with Gasteiger partial charge in [-0.25, -0.2) is 9.97 Å². The van der Waals surface area contributed by atoms with Gasteiger partial charge in [0.25, 0.3) is 5.91 Å². The predicted octanol–water partition coefficient (Wildman–Crippen LogP) is 4.25. The zero-order valence-corrected chi connectivity index (χ0v) is 16.3. The van der Waals surface area contributed by atoms with Gasteiger partial charge in [-0.15, -0.1) is 0 Å². The maximum atomic E-state index is 12.3. The minimum absolute atomic E-state index is 0.131. The molecule has 0 spiro atoms. The van der Waals surface area contributed by atoms with Gasteiger partial charge in [0.1, 0.15) is 5.75 Å². The molecule has 28 heavy (non-hydrogen) atoms. The van der Waals surface area contributed by atoms with Gasteiger partial charge in [0.2, 0.25) is 5.95 Å². The minimum Gasteiger partial charge on any atom is -0.491 e. The lowest BCUT2D eigenvalue weighted by atomic mass is 10.1. The number of hydrogen-bond acceptors (Lipinski definition) is 5. The number of aryl methyl sites for hydroxylation is 1. The van der Waals surface area contributed by atoms with Gasteiger partial charge < -0.3 is 15.4 Å². The van der Waals surface area contributed by atoms with E-state index in [-0.39, 0.29) is 12.0 Å². The Hall–Kier alpha value is -3.41. The highest BCUT2D eigenvalue weighted by Crippen LogP contribution is 2.19. The molecule has 6 nitrogen and oxygen atoms in total. The molecule has 0 aliphatic rings. The molecule has 0 unspecified atom stereocenters. The Bertz CT molecular complexity index is 905. The van der Waals surface area contributed by atoms with Crippen LogP contribution >= 0.6 is 0 Å². The molecule has 0 radical (unpaired) electrons. The van der Waals surface area contributed by atoms with Gasteiger partial charge in [-0.2, -0.15) is 0 Å². The third-order valence-corrected chi connectivity index (χ3v) is 3.97. The minimum atomic E-state index is -0.206. The number of anilines is 2. The Morgan fingerprint density at radius 2 is 1.64 bits per heavy atom. The summed E-state index contributed by atoms with van der Waals surface area (Å²) in [5.41, 5.74) is 3.49. The molecule has 2 N–H and O–H groups in total. The van der Waals surface area contributed by atoms with E-state index in [0.717, 1.165) is 17.0 Å². The molecule has 0 saturated carbocycles. The third kappa shape index (κ3) is 5.54. The van der Waals surface area contributed by atoms with Crippen molar-refractivity contribution in [1.29, 1.82) is 0 Å². The van der Waals surface area contributed by atoms with Crippen LogP contribution in [0.5, 0.6) is 5.75 Å². The number of hydrogen-bond donors (Lipinski definition) is 2. The van der Waals surface area contributed by atoms with Gasteiger partial charge in [0, 0.05) is 24.6 Å². The Morgan fingerprint density at radius 3 is 2.25 bits per heavy atom. The number of nitrogens with zero attached hydrogens (tertiary/aromatic N) is 2. The van der Waals surface area contributed by atoms with Crippen molar-refractivity contribution in [3.63, 3.8) is 0 Å². The molecule has 0 aliphatic carbocycles. The summed E-state index contributed by atoms with van der Waals surface area (Å²) >= 11 is 0. The normalized spacial score (nSPS) is 10.6. The summed E-state index contributed by atoms with van der Waals surface area (Å²) in [5, 5.41) is 5.98. The number of rotatable bonds is 7. The van der Waals surface area contributed by atoms with Crippen LogP contribution in [-0.2, 0) is 6.54 Å². The van der Waals surface area contributed by atoms with Gasteiger partial charge in [0.05, 0.1) is 11.7 Å². The third-order valence-electron chi connectivity index (χ3n) is 3.97. The molecule has 1 amide bonds. The van der Waals surface area contributed by atoms with E-state index in [4.69, 9.17) is 4.74 Å². The average molecular weight is 376 g/mol. The van der Waals surface area contributed by atoms with Crippen LogP contribution in [-0.4, -0.2) is 22.0 Å².